The Labute approximate surface area is 503 Å². The highest BCUT2D eigenvalue weighted by Gasteiger charge is 2.48. The predicted molar refractivity (Wildman–Crippen MR) is 319 cm³/mol. The molecular formula is C58H86ClN8O17S+. The van der Waals surface area contributed by atoms with Gasteiger partial charge >= 0.3 is 18.0 Å². The first-order chi connectivity index (χ1) is 40.1. The van der Waals surface area contributed by atoms with Crippen molar-refractivity contribution >= 4 is 74.3 Å². The molecule has 0 aliphatic carbocycles. The molecule has 0 radical (unpaired) electrons. The van der Waals surface area contributed by atoms with E-state index in [2.05, 4.69) is 27.4 Å². The van der Waals surface area contributed by atoms with E-state index in [1.54, 1.807) is 31.2 Å². The molecule has 3 heterocycles. The summed E-state index contributed by atoms with van der Waals surface area (Å²) in [4.78, 5) is 80.1. The van der Waals surface area contributed by atoms with Crippen LogP contribution in [0.5, 0.6) is 5.75 Å². The minimum atomic E-state index is -3.89. The number of benzene rings is 2. The number of allylic oxidation sites excluding steroid dienone is 3. The van der Waals surface area contributed by atoms with Gasteiger partial charge in [-0.05, 0) is 92.4 Å². The highest BCUT2D eigenvalue weighted by atomic mass is 35.5. The summed E-state index contributed by atoms with van der Waals surface area (Å²) in [5.74, 6) is -5.48. The monoisotopic (exact) mass is 1230 g/mol. The summed E-state index contributed by atoms with van der Waals surface area (Å²) in [6, 6.07) is 10.9. The average Bonchev–Trinajstić information content (AvgIpc) is 4.09. The number of nitrogens with one attached hydrogen (secondary N) is 4. The summed E-state index contributed by atoms with van der Waals surface area (Å²) < 4.78 is 61.4. The standard InChI is InChI=1S/C58H85ClN8O17S/c1-37-14-13-17-49(80-10)58(76)34-48(84-56(74)63-58)38(2)33-57(4,75)42(32-51(69)65(7)46-29-40(28-37)30-47(79-9)53(46)59)36-83-55(73)39(3)66(8)85(77,78)27-26-82-25-24-81-23-21-61-54(72)44(18-19-52(70)71)62-50(68)20-22-67-43(35-64(6)60-5)31-41-15-11-12-16-45(41)67/h11-17,29-31,38-39,42,44,48-49,60,75-76H,18-28,32-36H2,1-10H3,(H4-,61,62,63,68,70,71,72,74,77,78)/p+1/b17-13+,37-14+/t38-,39-,42+,44-,48-,49+,57+,58-/m0/s1. The molecule has 3 aromatic rings. The van der Waals surface area contributed by atoms with Gasteiger partial charge in [-0.3, -0.25) is 34.7 Å². The number of hydrogen-bond acceptors (Lipinski definition) is 17. The molecule has 25 nitrogen and oxygen atoms in total. The van der Waals surface area contributed by atoms with E-state index in [-0.39, 0.29) is 70.1 Å². The summed E-state index contributed by atoms with van der Waals surface area (Å²) in [5.41, 5.74) is 3.19. The topological polar surface area (TPSA) is 319 Å². The number of carbonyl (C=O) groups is 6. The predicted octanol–water partition coefficient (Wildman–Crippen LogP) is 4.22. The summed E-state index contributed by atoms with van der Waals surface area (Å²) in [7, 11) is 5.42. The minimum absolute atomic E-state index is 0.00624. The Hall–Kier alpha value is -6.04. The van der Waals surface area contributed by atoms with Crippen molar-refractivity contribution in [3.05, 3.63) is 82.5 Å². The van der Waals surface area contributed by atoms with E-state index in [9.17, 15) is 52.8 Å². The highest BCUT2D eigenvalue weighted by molar-refractivity contribution is 7.95. The van der Waals surface area contributed by atoms with Crippen molar-refractivity contribution in [1.29, 1.82) is 0 Å². The molecule has 1 aromatic heterocycles. The van der Waals surface area contributed by atoms with Crippen LogP contribution in [0.3, 0.4) is 0 Å². The van der Waals surface area contributed by atoms with Crippen molar-refractivity contribution in [2.24, 2.45) is 11.8 Å². The minimum Gasteiger partial charge on any atom is -0.495 e. The van der Waals surface area contributed by atoms with Crippen molar-refractivity contribution in [1.82, 2.24) is 35.3 Å². The highest BCUT2D eigenvalue weighted by Crippen LogP contribution is 2.39. The number of methoxy groups -OCH3 is 2. The van der Waals surface area contributed by atoms with Crippen LogP contribution in [0, 0.1) is 11.8 Å². The Bertz CT molecular complexity index is 2910. The number of nitrogens with zero attached hydrogens (tertiary/aromatic N) is 4. The maximum absolute atomic E-state index is 14.3. The first kappa shape index (κ1) is 69.7. The lowest BCUT2D eigenvalue weighted by atomic mass is 9.77. The number of halogens is 1. The first-order valence-corrected chi connectivity index (χ1v) is 30.1. The number of ether oxygens (including phenoxy) is 6. The van der Waals surface area contributed by atoms with Gasteiger partial charge in [-0.15, -0.1) is 0 Å². The van der Waals surface area contributed by atoms with Crippen molar-refractivity contribution < 1.29 is 81.3 Å². The lowest BCUT2D eigenvalue weighted by molar-refractivity contribution is -0.157. The molecule has 2 aliphatic heterocycles. The number of hydrazine groups is 1. The molecule has 4 amide bonds. The number of carboxylic acid groups (broad SMARTS) is 1. The molecular weight excluding hydrogens is 1150 g/mol. The van der Waals surface area contributed by atoms with Gasteiger partial charge in [0.25, 0.3) is 10.4 Å². The van der Waals surface area contributed by atoms with Gasteiger partial charge in [-0.2, -0.15) is 4.55 Å². The van der Waals surface area contributed by atoms with Gasteiger partial charge in [0.2, 0.25) is 17.7 Å². The number of amides is 4. The Kier molecular flexibility index (Phi) is 26.3. The third-order valence-corrected chi connectivity index (χ3v) is 17.7. The van der Waals surface area contributed by atoms with Crippen LogP contribution in [-0.2, 0) is 81.8 Å². The number of hydrogen-bond donors (Lipinski definition) is 8. The smallest absolute Gasteiger partial charge is 0.409 e. The van der Waals surface area contributed by atoms with E-state index in [1.165, 1.54) is 47.1 Å². The quantitative estimate of drug-likeness (QED) is 0.0229. The zero-order chi connectivity index (χ0) is 62.8. The molecule has 0 saturated carbocycles. The van der Waals surface area contributed by atoms with Crippen LogP contribution < -0.4 is 31.0 Å². The van der Waals surface area contributed by atoms with Crippen molar-refractivity contribution in [3.8, 4) is 5.75 Å². The van der Waals surface area contributed by atoms with Crippen LogP contribution in [-0.4, -0.2) is 193 Å². The van der Waals surface area contributed by atoms with E-state index >= 15 is 0 Å². The molecule has 472 valence electrons. The summed E-state index contributed by atoms with van der Waals surface area (Å²) in [6.45, 7) is 6.62. The van der Waals surface area contributed by atoms with Gasteiger partial charge in [-0.1, -0.05) is 64.8 Å². The molecule has 2 aromatic carbocycles. The van der Waals surface area contributed by atoms with Crippen LogP contribution in [0.2, 0.25) is 5.02 Å². The molecule has 4 bridgehead atoms. The average molecular weight is 1230 g/mol. The number of fused-ring (bicyclic) bond motifs is 5. The molecule has 85 heavy (non-hydrogen) atoms. The second-order valence-corrected chi connectivity index (χ2v) is 24.4. The van der Waals surface area contributed by atoms with Gasteiger partial charge in [0.05, 0.1) is 58.0 Å². The zero-order valence-electron chi connectivity index (χ0n) is 50.2. The number of aliphatic hydroxyl groups is 2. The second kappa shape index (κ2) is 32.1. The number of carbonyl (C=O) groups excluding carboxylic acids is 5. The number of alkyl carbamates (subject to hydrolysis) is 1. The number of aliphatic carboxylic acids is 1. The summed E-state index contributed by atoms with van der Waals surface area (Å²) in [5, 5.41) is 44.4. The van der Waals surface area contributed by atoms with E-state index < -0.39 is 112 Å². The second-order valence-electron chi connectivity index (χ2n) is 21.9. The lowest BCUT2D eigenvalue weighted by Gasteiger charge is -2.43. The number of likely N-dealkylation sites (N-methyl/N-ethyl adjacent to an activating group) is 1. The number of aryl methyl sites for hydroxylation is 1. The molecule has 1 fully saturated rings. The Morgan fingerprint density at radius 1 is 1.02 bits per heavy atom. The fourth-order valence-corrected chi connectivity index (χ4v) is 11.6. The fourth-order valence-electron chi connectivity index (χ4n) is 10.1. The molecule has 27 heteroatoms. The molecule has 1 saturated heterocycles. The fraction of sp³-hybridized carbons (Fsp3) is 0.586. The number of aromatic nitrogens is 1. The van der Waals surface area contributed by atoms with Gasteiger partial charge in [-0.25, -0.2) is 9.80 Å². The third kappa shape index (κ3) is 20.0. The normalized spacial score (nSPS) is 23.9. The van der Waals surface area contributed by atoms with Crippen LogP contribution in [0.1, 0.15) is 77.5 Å². The molecule has 1 unspecified atom stereocenters. The molecule has 8 N–H and O–H groups in total. The summed E-state index contributed by atoms with van der Waals surface area (Å²) >= 11 is 6.80. The lowest BCUT2D eigenvalue weighted by Crippen LogP contribution is -2.63. The van der Waals surface area contributed by atoms with Crippen LogP contribution >= 0.6 is 11.6 Å². The number of anilines is 1. The largest absolute Gasteiger partial charge is 0.495 e. The number of rotatable bonds is 27. The number of para-hydroxylation sites is 1. The Morgan fingerprint density at radius 2 is 1.73 bits per heavy atom. The SMILES string of the molecule is CNN(C)Cc1cc2ccccc2n1CCC(=O)N[C@@H](CCC(=O)O)C(=O)NCCOCCOCC[S+](=O)(O)N(C)[C@@H](C)C(=O)OC[C@H]1CC(=O)N(C)c2cc(cc(OC)c2Cl)C/C(C)=C/C=C/[C@@H](OC)[C@@]2(O)C[C@H](OC(=O)N2)[C@@H](C)C[C@@]1(C)O. The molecule has 2 aliphatic rings. The van der Waals surface area contributed by atoms with E-state index in [0.717, 1.165) is 32.0 Å². The van der Waals surface area contributed by atoms with Crippen molar-refractivity contribution in [3.63, 3.8) is 0 Å². The van der Waals surface area contributed by atoms with Gasteiger partial charge in [0.1, 0.15) is 29.0 Å². The Morgan fingerprint density at radius 3 is 2.41 bits per heavy atom. The maximum atomic E-state index is 14.3. The zero-order valence-corrected chi connectivity index (χ0v) is 51.8. The van der Waals surface area contributed by atoms with Crippen molar-refractivity contribution in [2.75, 3.05) is 92.6 Å². The van der Waals surface area contributed by atoms with Gasteiger partial charge < -0.3 is 63.8 Å². The summed E-state index contributed by atoms with van der Waals surface area (Å²) in [6.07, 6.45) is 1.52. The molecule has 0 spiro atoms. The van der Waals surface area contributed by atoms with Crippen LogP contribution in [0.25, 0.3) is 10.9 Å². The Balaban J connectivity index is 1.14. The third-order valence-electron chi connectivity index (χ3n) is 15.4. The van der Waals surface area contributed by atoms with Gasteiger partial charge in [0, 0.05) is 84.2 Å². The van der Waals surface area contributed by atoms with Crippen molar-refractivity contribution in [2.45, 2.75) is 121 Å². The maximum Gasteiger partial charge on any atom is 0.409 e. The van der Waals surface area contributed by atoms with Crippen LogP contribution in [0.15, 0.2) is 66.3 Å². The first-order valence-electron chi connectivity index (χ1n) is 28.1. The van der Waals surface area contributed by atoms with E-state index in [4.69, 9.17) is 40.0 Å². The number of esters is 1. The van der Waals surface area contributed by atoms with E-state index in [1.807, 2.05) is 60.9 Å². The van der Waals surface area contributed by atoms with Gasteiger partial charge in [0.15, 0.2) is 17.5 Å². The van der Waals surface area contributed by atoms with E-state index in [0.29, 0.717) is 30.9 Å². The van der Waals surface area contributed by atoms with Crippen LogP contribution in [0.4, 0.5) is 10.5 Å². The molecule has 9 atom stereocenters. The number of carboxylic acids is 1. The molecule has 5 rings (SSSR count).